The first-order valence-corrected chi connectivity index (χ1v) is 11.0. The van der Waals surface area contributed by atoms with E-state index >= 15 is 0 Å². The number of thioether (sulfide) groups is 1. The minimum atomic E-state index is 0.205. The zero-order chi connectivity index (χ0) is 17.1. The van der Waals surface area contributed by atoms with Crippen molar-refractivity contribution < 1.29 is 4.79 Å². The molecule has 0 bridgehead atoms. The summed E-state index contributed by atoms with van der Waals surface area (Å²) in [7, 11) is 0. The summed E-state index contributed by atoms with van der Waals surface area (Å²) in [6, 6.07) is 12.9. The van der Waals surface area contributed by atoms with Gasteiger partial charge in [0.05, 0.1) is 5.56 Å². The van der Waals surface area contributed by atoms with Gasteiger partial charge in [0.2, 0.25) is 0 Å². The van der Waals surface area contributed by atoms with Gasteiger partial charge in [0, 0.05) is 34.7 Å². The van der Waals surface area contributed by atoms with Crippen molar-refractivity contribution in [3.05, 3.63) is 52.2 Å². The standard InChI is InChI=1S/C20H24N2OS2/c23-20(22-12-9-16(14-22)21-10-3-4-11-21)18-7-1-2-8-19(18)25-15-17-6-5-13-24-17/h1-2,5-8,13,16H,3-4,9-12,14-15H2. The molecular formula is C20H24N2OS2. The van der Waals surface area contributed by atoms with E-state index in [1.165, 1.54) is 30.8 Å². The third kappa shape index (κ3) is 3.94. The molecule has 0 spiro atoms. The molecule has 1 aromatic carbocycles. The summed E-state index contributed by atoms with van der Waals surface area (Å²) >= 11 is 3.54. The number of benzene rings is 1. The van der Waals surface area contributed by atoms with Crippen molar-refractivity contribution in [1.82, 2.24) is 9.80 Å². The number of rotatable bonds is 5. The predicted molar refractivity (Wildman–Crippen MR) is 105 cm³/mol. The minimum absolute atomic E-state index is 0.205. The van der Waals surface area contributed by atoms with Gasteiger partial charge in [-0.15, -0.1) is 23.1 Å². The normalized spacial score (nSPS) is 21.1. The van der Waals surface area contributed by atoms with Crippen LogP contribution < -0.4 is 0 Å². The SMILES string of the molecule is O=C(c1ccccc1SCc1cccs1)N1CCC(N2CCCC2)C1. The van der Waals surface area contributed by atoms with E-state index in [4.69, 9.17) is 0 Å². The molecule has 1 atom stereocenters. The molecule has 2 fully saturated rings. The van der Waals surface area contributed by atoms with Crippen LogP contribution in [0.3, 0.4) is 0 Å². The van der Waals surface area contributed by atoms with Crippen molar-refractivity contribution >= 4 is 29.0 Å². The molecule has 132 valence electrons. The Balaban J connectivity index is 1.43. The monoisotopic (exact) mass is 372 g/mol. The van der Waals surface area contributed by atoms with Gasteiger partial charge in [-0.05, 0) is 55.9 Å². The van der Waals surface area contributed by atoms with Crippen molar-refractivity contribution in [3.63, 3.8) is 0 Å². The second-order valence-electron chi connectivity index (χ2n) is 6.80. The molecule has 3 nitrogen and oxygen atoms in total. The summed E-state index contributed by atoms with van der Waals surface area (Å²) in [6.45, 7) is 4.20. The Morgan fingerprint density at radius 1 is 1.12 bits per heavy atom. The first kappa shape index (κ1) is 17.1. The van der Waals surface area contributed by atoms with Gasteiger partial charge in [0.25, 0.3) is 5.91 Å². The van der Waals surface area contributed by atoms with Crippen molar-refractivity contribution in [2.45, 2.75) is 36.0 Å². The number of thiophene rings is 1. The highest BCUT2D eigenvalue weighted by Gasteiger charge is 2.32. The average Bonchev–Trinajstić information content (AvgIpc) is 3.41. The Morgan fingerprint density at radius 3 is 2.76 bits per heavy atom. The number of carbonyl (C=O) groups excluding carboxylic acids is 1. The fraction of sp³-hybridized carbons (Fsp3) is 0.450. The molecule has 1 unspecified atom stereocenters. The molecule has 0 aliphatic carbocycles. The van der Waals surface area contributed by atoms with E-state index in [1.54, 1.807) is 23.1 Å². The van der Waals surface area contributed by atoms with Crippen molar-refractivity contribution in [2.75, 3.05) is 26.2 Å². The lowest BCUT2D eigenvalue weighted by Crippen LogP contribution is -2.37. The number of likely N-dealkylation sites (tertiary alicyclic amines) is 2. The fourth-order valence-corrected chi connectivity index (χ4v) is 5.63. The number of amides is 1. The number of hydrogen-bond acceptors (Lipinski definition) is 4. The lowest BCUT2D eigenvalue weighted by molar-refractivity contribution is 0.0776. The zero-order valence-corrected chi connectivity index (χ0v) is 16.0. The van der Waals surface area contributed by atoms with E-state index in [9.17, 15) is 4.79 Å². The molecule has 4 rings (SSSR count). The molecule has 2 aliphatic rings. The number of carbonyl (C=O) groups is 1. The third-order valence-electron chi connectivity index (χ3n) is 5.18. The van der Waals surface area contributed by atoms with Crippen LogP contribution in [0, 0.1) is 0 Å². The summed E-state index contributed by atoms with van der Waals surface area (Å²) in [5.74, 6) is 1.13. The quantitative estimate of drug-likeness (QED) is 0.729. The summed E-state index contributed by atoms with van der Waals surface area (Å²) in [5.41, 5.74) is 0.867. The molecule has 0 radical (unpaired) electrons. The Morgan fingerprint density at radius 2 is 1.96 bits per heavy atom. The van der Waals surface area contributed by atoms with Crippen molar-refractivity contribution in [3.8, 4) is 0 Å². The van der Waals surface area contributed by atoms with Crippen LogP contribution in [0.25, 0.3) is 0 Å². The van der Waals surface area contributed by atoms with E-state index in [0.29, 0.717) is 6.04 Å². The minimum Gasteiger partial charge on any atom is -0.337 e. The lowest BCUT2D eigenvalue weighted by Gasteiger charge is -2.24. The Kier molecular flexibility index (Phi) is 5.44. The highest BCUT2D eigenvalue weighted by Crippen LogP contribution is 2.30. The molecule has 0 N–H and O–H groups in total. The van der Waals surface area contributed by atoms with Gasteiger partial charge >= 0.3 is 0 Å². The molecule has 5 heteroatoms. The average molecular weight is 373 g/mol. The summed E-state index contributed by atoms with van der Waals surface area (Å²) in [5, 5.41) is 2.11. The molecule has 2 aromatic rings. The van der Waals surface area contributed by atoms with Crippen LogP contribution in [0.2, 0.25) is 0 Å². The van der Waals surface area contributed by atoms with Gasteiger partial charge in [-0.25, -0.2) is 0 Å². The Hall–Kier alpha value is -1.30. The second kappa shape index (κ2) is 7.94. The van der Waals surface area contributed by atoms with Crippen LogP contribution in [0.5, 0.6) is 0 Å². The molecule has 0 saturated carbocycles. The summed E-state index contributed by atoms with van der Waals surface area (Å²) < 4.78 is 0. The topological polar surface area (TPSA) is 23.6 Å². The highest BCUT2D eigenvalue weighted by atomic mass is 32.2. The maximum atomic E-state index is 13.1. The van der Waals surface area contributed by atoms with Crippen molar-refractivity contribution in [1.29, 1.82) is 0 Å². The van der Waals surface area contributed by atoms with Crippen LogP contribution in [-0.2, 0) is 5.75 Å². The molecule has 1 aromatic heterocycles. The fourth-order valence-electron chi connectivity index (χ4n) is 3.81. The van der Waals surface area contributed by atoms with Crippen LogP contribution in [-0.4, -0.2) is 47.9 Å². The van der Waals surface area contributed by atoms with Gasteiger partial charge in [-0.1, -0.05) is 18.2 Å². The molecule has 2 aliphatic heterocycles. The lowest BCUT2D eigenvalue weighted by atomic mass is 10.2. The van der Waals surface area contributed by atoms with Gasteiger partial charge in [0.1, 0.15) is 0 Å². The number of nitrogens with zero attached hydrogens (tertiary/aromatic N) is 2. The molecule has 2 saturated heterocycles. The van der Waals surface area contributed by atoms with E-state index < -0.39 is 0 Å². The van der Waals surface area contributed by atoms with E-state index in [-0.39, 0.29) is 5.91 Å². The summed E-state index contributed by atoms with van der Waals surface area (Å²) in [6.07, 6.45) is 3.75. The van der Waals surface area contributed by atoms with Gasteiger partial charge in [0.15, 0.2) is 0 Å². The highest BCUT2D eigenvalue weighted by molar-refractivity contribution is 7.98. The van der Waals surface area contributed by atoms with Crippen LogP contribution in [0.4, 0.5) is 0 Å². The van der Waals surface area contributed by atoms with Gasteiger partial charge in [-0.3, -0.25) is 9.69 Å². The van der Waals surface area contributed by atoms with E-state index in [0.717, 1.165) is 35.7 Å². The second-order valence-corrected chi connectivity index (χ2v) is 8.85. The maximum Gasteiger partial charge on any atom is 0.255 e. The largest absolute Gasteiger partial charge is 0.337 e. The molecule has 1 amide bonds. The van der Waals surface area contributed by atoms with E-state index in [1.807, 2.05) is 18.2 Å². The van der Waals surface area contributed by atoms with Gasteiger partial charge < -0.3 is 4.90 Å². The Labute approximate surface area is 158 Å². The van der Waals surface area contributed by atoms with Crippen LogP contribution in [0.15, 0.2) is 46.7 Å². The first-order valence-electron chi connectivity index (χ1n) is 9.09. The molecule has 25 heavy (non-hydrogen) atoms. The maximum absolute atomic E-state index is 13.1. The number of hydrogen-bond donors (Lipinski definition) is 0. The molecular weight excluding hydrogens is 348 g/mol. The van der Waals surface area contributed by atoms with Crippen LogP contribution in [0.1, 0.15) is 34.5 Å². The Bertz CT molecular complexity index is 710. The van der Waals surface area contributed by atoms with Gasteiger partial charge in [-0.2, -0.15) is 0 Å². The summed E-state index contributed by atoms with van der Waals surface area (Å²) in [4.78, 5) is 20.2. The van der Waals surface area contributed by atoms with Crippen molar-refractivity contribution in [2.24, 2.45) is 0 Å². The predicted octanol–water partition coefficient (Wildman–Crippen LogP) is 4.35. The van der Waals surface area contributed by atoms with E-state index in [2.05, 4.69) is 33.4 Å². The first-order chi connectivity index (χ1) is 12.3. The smallest absolute Gasteiger partial charge is 0.255 e. The zero-order valence-electron chi connectivity index (χ0n) is 14.4. The third-order valence-corrected chi connectivity index (χ3v) is 7.36. The van der Waals surface area contributed by atoms with Crippen LogP contribution >= 0.6 is 23.1 Å². The molecule has 3 heterocycles.